The van der Waals surface area contributed by atoms with Crippen molar-refractivity contribution in [1.29, 1.82) is 0 Å². The van der Waals surface area contributed by atoms with Crippen molar-refractivity contribution in [2.75, 3.05) is 14.2 Å². The lowest BCUT2D eigenvalue weighted by Crippen LogP contribution is -2.04. The Bertz CT molecular complexity index is 2520. The molecular weight excluding hydrogens is 717 g/mol. The third kappa shape index (κ3) is 6.78. The first-order chi connectivity index (χ1) is 27.5. The first-order valence-corrected chi connectivity index (χ1v) is 20.5. The van der Waals surface area contributed by atoms with Crippen LogP contribution in [0.25, 0.3) is 57.6 Å². The zero-order valence-electron chi connectivity index (χ0n) is 34.8. The molecule has 57 heavy (non-hydrogen) atoms. The number of rotatable bonds is 2. The van der Waals surface area contributed by atoms with E-state index in [1.54, 1.807) is 14.2 Å². The lowest BCUT2D eigenvalue weighted by Gasteiger charge is -2.20. The van der Waals surface area contributed by atoms with Crippen LogP contribution in [0, 0.1) is 55.4 Å². The van der Waals surface area contributed by atoms with Gasteiger partial charge in [-0.15, -0.1) is 0 Å². The summed E-state index contributed by atoms with van der Waals surface area (Å²) in [5.41, 5.74) is 26.7. The molecule has 0 unspecified atom stereocenters. The Morgan fingerprint density at radius 3 is 1.12 bits per heavy atom. The Morgan fingerprint density at radius 2 is 0.789 bits per heavy atom. The molecule has 0 aliphatic heterocycles. The van der Waals surface area contributed by atoms with Gasteiger partial charge in [0, 0.05) is 22.3 Å². The maximum absolute atomic E-state index is 5.99. The Labute approximate surface area is 341 Å². The van der Waals surface area contributed by atoms with Crippen molar-refractivity contribution in [1.82, 2.24) is 8.75 Å². The molecule has 14 aliphatic carbocycles. The van der Waals surface area contributed by atoms with Crippen molar-refractivity contribution < 1.29 is 9.47 Å². The third-order valence-electron chi connectivity index (χ3n) is 12.8. The molecule has 0 amide bonds. The van der Waals surface area contributed by atoms with Crippen LogP contribution < -0.4 is 9.47 Å². The average Bonchev–Trinajstić information content (AvgIpc) is 3.73. The fourth-order valence-electron chi connectivity index (χ4n) is 8.77. The summed E-state index contributed by atoms with van der Waals surface area (Å²) in [5, 5.41) is 0. The van der Waals surface area contributed by atoms with Crippen LogP contribution in [0.1, 0.15) is 89.0 Å². The molecule has 1 aromatic heterocycles. The minimum absolute atomic E-state index is 0.805. The normalized spacial score (nSPS) is 12.5. The number of nitrogens with zero attached hydrogens (tertiary/aromatic N) is 2. The Morgan fingerprint density at radius 1 is 0.439 bits per heavy atom. The molecule has 5 heteroatoms. The number of hydrogen-bond acceptors (Lipinski definition) is 5. The highest BCUT2D eigenvalue weighted by molar-refractivity contribution is 7.00. The highest BCUT2D eigenvalue weighted by Gasteiger charge is 2.19. The van der Waals surface area contributed by atoms with Gasteiger partial charge in [0.05, 0.1) is 25.9 Å². The lowest BCUT2D eigenvalue weighted by molar-refractivity contribution is 0.401. The third-order valence-corrected chi connectivity index (χ3v) is 13.4. The molecule has 0 radical (unpaired) electrons. The van der Waals surface area contributed by atoms with Crippen molar-refractivity contribution in [3.8, 4) is 33.8 Å². The second-order valence-corrected chi connectivity index (χ2v) is 16.2. The van der Waals surface area contributed by atoms with E-state index in [0.717, 1.165) is 68.8 Å². The molecule has 0 fully saturated rings. The van der Waals surface area contributed by atoms with E-state index in [4.69, 9.17) is 18.2 Å². The molecule has 21 rings (SSSR count). The van der Waals surface area contributed by atoms with Crippen molar-refractivity contribution in [2.45, 2.75) is 68.2 Å². The van der Waals surface area contributed by atoms with Crippen LogP contribution in [-0.4, -0.2) is 23.0 Å². The largest absolute Gasteiger partial charge is 0.496 e. The van der Waals surface area contributed by atoms with Gasteiger partial charge in [-0.3, -0.25) is 0 Å². The molecule has 286 valence electrons. The number of ether oxygens (including phenoxy) is 2. The monoisotopic (exact) mass is 766 g/mol. The summed E-state index contributed by atoms with van der Waals surface area (Å²) in [4.78, 5) is 0. The van der Waals surface area contributed by atoms with Crippen molar-refractivity contribution in [3.63, 3.8) is 0 Å². The van der Waals surface area contributed by atoms with Crippen LogP contribution >= 0.6 is 11.7 Å². The zero-order valence-corrected chi connectivity index (χ0v) is 35.6. The van der Waals surface area contributed by atoms with Crippen molar-refractivity contribution in [2.24, 2.45) is 0 Å². The summed E-state index contributed by atoms with van der Waals surface area (Å²) in [7, 11) is 3.48. The summed E-state index contributed by atoms with van der Waals surface area (Å²) in [6.07, 6.45) is 10.5. The van der Waals surface area contributed by atoms with Gasteiger partial charge >= 0.3 is 0 Å². The van der Waals surface area contributed by atoms with E-state index in [9.17, 15) is 0 Å². The fraction of sp³-hybridized carbons (Fsp3) is 0.231. The predicted molar refractivity (Wildman–Crippen MR) is 242 cm³/mol. The molecular formula is C52H50N2O2S. The first kappa shape index (κ1) is 38.1. The van der Waals surface area contributed by atoms with Gasteiger partial charge in [-0.1, -0.05) is 85.0 Å². The van der Waals surface area contributed by atoms with Gasteiger partial charge in [0.1, 0.15) is 22.5 Å². The molecule has 0 N–H and O–H groups in total. The Kier molecular flexibility index (Phi) is 10.2. The van der Waals surface area contributed by atoms with Crippen molar-refractivity contribution >= 4 is 47.1 Å². The quantitative estimate of drug-likeness (QED) is 0.176. The maximum atomic E-state index is 5.99. The summed E-state index contributed by atoms with van der Waals surface area (Å²) in [6.45, 7) is 18.0. The number of benzene rings is 6. The van der Waals surface area contributed by atoms with Crippen LogP contribution in [0.5, 0.6) is 11.5 Å². The van der Waals surface area contributed by atoms with Gasteiger partial charge in [-0.05, 0) is 169 Å². The maximum Gasteiger partial charge on any atom is 0.126 e. The second-order valence-electron chi connectivity index (χ2n) is 15.7. The van der Waals surface area contributed by atoms with Gasteiger partial charge in [-0.25, -0.2) is 0 Å². The molecule has 7 aromatic rings. The summed E-state index contributed by atoms with van der Waals surface area (Å²) in [5.74, 6) is 1.61. The number of methoxy groups -OCH3 is 2. The van der Waals surface area contributed by atoms with Gasteiger partial charge in [-0.2, -0.15) is 8.75 Å². The van der Waals surface area contributed by atoms with E-state index in [2.05, 4.69) is 152 Å². The SMILES string of the molecule is COc1cc2c(OC)cc1C=Cc1c(C)c(C)c(c(C)c1C)Cc1ccc(cc1)-c1ccc(c3nsnc13)-c1ccc(cc1)Cc1c(C)c(C)c(c(C)c1C)C=C2. The predicted octanol–water partition coefficient (Wildman–Crippen LogP) is 13.3. The van der Waals surface area contributed by atoms with Crippen LogP contribution in [0.4, 0.5) is 0 Å². The topological polar surface area (TPSA) is 44.2 Å². The second kappa shape index (κ2) is 15.3. The molecule has 4 nitrogen and oxygen atoms in total. The molecule has 0 saturated heterocycles. The average molecular weight is 767 g/mol. The highest BCUT2D eigenvalue weighted by atomic mass is 32.1. The minimum Gasteiger partial charge on any atom is -0.496 e. The summed E-state index contributed by atoms with van der Waals surface area (Å²) in [6, 6.07) is 26.6. The Balaban J connectivity index is 1.29. The fourth-order valence-corrected chi connectivity index (χ4v) is 9.34. The Hall–Kier alpha value is -5.78. The zero-order chi connectivity index (χ0) is 40.1. The van der Waals surface area contributed by atoms with Gasteiger partial charge < -0.3 is 9.47 Å². The van der Waals surface area contributed by atoms with Gasteiger partial charge in [0.25, 0.3) is 0 Å². The van der Waals surface area contributed by atoms with Crippen LogP contribution in [0.15, 0.2) is 72.8 Å². The van der Waals surface area contributed by atoms with E-state index in [1.807, 2.05) is 0 Å². The van der Waals surface area contributed by atoms with Crippen molar-refractivity contribution in [3.05, 3.63) is 162 Å². The van der Waals surface area contributed by atoms with E-state index in [1.165, 1.54) is 89.6 Å². The number of hydrogen-bond donors (Lipinski definition) is 0. The van der Waals surface area contributed by atoms with Gasteiger partial charge in [0.15, 0.2) is 0 Å². The highest BCUT2D eigenvalue weighted by Crippen LogP contribution is 2.38. The van der Waals surface area contributed by atoms with Crippen LogP contribution in [-0.2, 0) is 12.8 Å². The molecule has 0 atom stereocenters. The molecule has 0 spiro atoms. The van der Waals surface area contributed by atoms with Crippen LogP contribution in [0.2, 0.25) is 0 Å². The van der Waals surface area contributed by atoms with E-state index in [0.29, 0.717) is 0 Å². The lowest BCUT2D eigenvalue weighted by atomic mass is 9.85. The first-order valence-electron chi connectivity index (χ1n) is 19.7. The van der Waals surface area contributed by atoms with E-state index < -0.39 is 0 Å². The molecule has 12 bridgehead atoms. The van der Waals surface area contributed by atoms with E-state index >= 15 is 0 Å². The standard InChI is InChI=1S/C52H50N2O2S/c1-29-33(5)47-25-37-11-15-39(16-12-37)45-23-24-46(52-51(45)53-57-54-52)40-17-13-38(14-18-40)26-48-35(7)31(3)44(32(4)36(48)8)22-20-42-28-49(55-9)41(27-50(42)56-10)19-21-43(29)30(2)34(47)6/h11-24,27-28H,25-26H2,1-10H3. The molecule has 14 aliphatic rings. The summed E-state index contributed by atoms with van der Waals surface area (Å²) < 4.78 is 21.6. The van der Waals surface area contributed by atoms with E-state index in [-0.39, 0.29) is 0 Å². The van der Waals surface area contributed by atoms with Gasteiger partial charge in [0.2, 0.25) is 0 Å². The summed E-state index contributed by atoms with van der Waals surface area (Å²) >= 11 is 1.28. The van der Waals surface area contributed by atoms with Crippen LogP contribution in [0.3, 0.4) is 0 Å². The molecule has 1 heterocycles. The smallest absolute Gasteiger partial charge is 0.126 e. The molecule has 0 saturated carbocycles. The minimum atomic E-state index is 0.805. The number of aromatic nitrogens is 2. The molecule has 6 aromatic carbocycles.